The molecule has 3 N–H and O–H groups in total. The molecule has 2 rings (SSSR count). The molecule has 1 amide bonds. The van der Waals surface area contributed by atoms with Gasteiger partial charge < -0.3 is 15.8 Å². The summed E-state index contributed by atoms with van der Waals surface area (Å²) < 4.78 is 5.48. The van der Waals surface area contributed by atoms with Crippen molar-refractivity contribution in [3.8, 4) is 5.88 Å². The van der Waals surface area contributed by atoms with Crippen LogP contribution in [-0.2, 0) is 6.54 Å². The van der Waals surface area contributed by atoms with Gasteiger partial charge in [-0.15, -0.1) is 0 Å². The second-order valence-electron chi connectivity index (χ2n) is 4.87. The molecule has 2 aromatic rings. The van der Waals surface area contributed by atoms with E-state index in [0.717, 1.165) is 5.56 Å². The zero-order valence-electron chi connectivity index (χ0n) is 12.7. The van der Waals surface area contributed by atoms with E-state index in [2.05, 4.69) is 10.3 Å². The lowest BCUT2D eigenvalue weighted by atomic mass is 10.1. The van der Waals surface area contributed by atoms with E-state index in [1.165, 1.54) is 0 Å². The summed E-state index contributed by atoms with van der Waals surface area (Å²) in [6.45, 7) is 1.33. The quantitative estimate of drug-likeness (QED) is 0.569. The van der Waals surface area contributed by atoms with E-state index in [0.29, 0.717) is 49.4 Å². The van der Waals surface area contributed by atoms with Gasteiger partial charge in [0.25, 0.3) is 5.91 Å². The average Bonchev–Trinajstić information content (AvgIpc) is 2.61. The van der Waals surface area contributed by atoms with Crippen LogP contribution in [0.3, 0.4) is 0 Å². The first-order valence-electron chi connectivity index (χ1n) is 7.35. The smallest absolute Gasteiger partial charge is 0.252 e. The summed E-state index contributed by atoms with van der Waals surface area (Å²) in [6, 6.07) is 10.3. The highest BCUT2D eigenvalue weighted by molar-refractivity contribution is 6.01. The van der Waals surface area contributed by atoms with E-state index >= 15 is 0 Å². The fourth-order valence-electron chi connectivity index (χ4n) is 1.97. The zero-order valence-corrected chi connectivity index (χ0v) is 12.7. The minimum absolute atomic E-state index is 0.266. The highest BCUT2D eigenvalue weighted by atomic mass is 16.5. The van der Waals surface area contributed by atoms with Crippen LogP contribution in [0.1, 0.15) is 32.7 Å². The van der Waals surface area contributed by atoms with Gasteiger partial charge in [0.1, 0.15) is 0 Å². The lowest BCUT2D eigenvalue weighted by Gasteiger charge is -2.08. The Hall–Kier alpha value is -2.73. The van der Waals surface area contributed by atoms with Crippen molar-refractivity contribution in [3.05, 3.63) is 59.3 Å². The lowest BCUT2D eigenvalue weighted by Crippen LogP contribution is -2.26. The molecule has 120 valence electrons. The number of aldehydes is 1. The second kappa shape index (κ2) is 8.65. The van der Waals surface area contributed by atoms with E-state index in [9.17, 15) is 9.59 Å². The molecule has 0 spiro atoms. The summed E-state index contributed by atoms with van der Waals surface area (Å²) in [7, 11) is 0. The first-order valence-corrected chi connectivity index (χ1v) is 7.35. The normalized spacial score (nSPS) is 10.1. The van der Waals surface area contributed by atoms with Crippen LogP contribution in [0.5, 0.6) is 5.88 Å². The van der Waals surface area contributed by atoms with Crippen molar-refractivity contribution in [2.75, 3.05) is 13.2 Å². The van der Waals surface area contributed by atoms with Gasteiger partial charge >= 0.3 is 0 Å². The summed E-state index contributed by atoms with van der Waals surface area (Å²) in [5, 5.41) is 2.76. The number of rotatable bonds is 8. The van der Waals surface area contributed by atoms with Gasteiger partial charge in [0.05, 0.1) is 6.61 Å². The van der Waals surface area contributed by atoms with Crippen molar-refractivity contribution < 1.29 is 14.3 Å². The molecular weight excluding hydrogens is 294 g/mol. The predicted octanol–water partition coefficient (Wildman–Crippen LogP) is 1.55. The van der Waals surface area contributed by atoms with E-state index in [1.807, 2.05) is 6.07 Å². The Morgan fingerprint density at radius 1 is 1.26 bits per heavy atom. The Bertz CT molecular complexity index is 656. The predicted molar refractivity (Wildman–Crippen MR) is 86.4 cm³/mol. The zero-order chi connectivity index (χ0) is 16.5. The van der Waals surface area contributed by atoms with Crippen LogP contribution in [0.15, 0.2) is 42.6 Å². The molecule has 6 nitrogen and oxygen atoms in total. The van der Waals surface area contributed by atoms with E-state index in [-0.39, 0.29) is 5.91 Å². The Morgan fingerprint density at radius 2 is 2.09 bits per heavy atom. The minimum Gasteiger partial charge on any atom is -0.478 e. The maximum absolute atomic E-state index is 12.0. The van der Waals surface area contributed by atoms with Crippen molar-refractivity contribution >= 4 is 12.2 Å². The number of aromatic nitrogens is 1. The van der Waals surface area contributed by atoms with Gasteiger partial charge in [0, 0.05) is 36.5 Å². The van der Waals surface area contributed by atoms with Gasteiger partial charge in [-0.2, -0.15) is 0 Å². The van der Waals surface area contributed by atoms with Gasteiger partial charge in [-0.05, 0) is 18.1 Å². The number of ether oxygens (including phenoxy) is 1. The number of hydrogen-bond donors (Lipinski definition) is 2. The molecule has 0 radical (unpaired) electrons. The van der Waals surface area contributed by atoms with Crippen LogP contribution in [0, 0.1) is 0 Å². The largest absolute Gasteiger partial charge is 0.478 e. The standard InChI is InChI=1S/C17H19N3O3/c18-10-13-6-7-16(20-11-13)23-9-3-8-19-17(22)15-5-2-1-4-14(15)12-21/h1-2,4-7,11-12H,3,8-10,18H2,(H,19,22). The Balaban J connectivity index is 1.72. The fourth-order valence-corrected chi connectivity index (χ4v) is 1.97. The third-order valence-electron chi connectivity index (χ3n) is 3.22. The first kappa shape index (κ1) is 16.6. The molecule has 0 aliphatic rings. The third-order valence-corrected chi connectivity index (χ3v) is 3.22. The SMILES string of the molecule is NCc1ccc(OCCCNC(=O)c2ccccc2C=O)nc1. The molecular formula is C17H19N3O3. The summed E-state index contributed by atoms with van der Waals surface area (Å²) in [6.07, 6.45) is 2.98. The molecule has 0 unspecified atom stereocenters. The highest BCUT2D eigenvalue weighted by Crippen LogP contribution is 2.08. The number of carbonyl (C=O) groups is 2. The molecule has 0 aliphatic heterocycles. The molecule has 1 aromatic carbocycles. The summed E-state index contributed by atoms with van der Waals surface area (Å²) in [4.78, 5) is 27.0. The fraction of sp³-hybridized carbons (Fsp3) is 0.235. The molecule has 0 aliphatic carbocycles. The highest BCUT2D eigenvalue weighted by Gasteiger charge is 2.09. The van der Waals surface area contributed by atoms with Crippen molar-refractivity contribution in [1.82, 2.24) is 10.3 Å². The second-order valence-corrected chi connectivity index (χ2v) is 4.87. The van der Waals surface area contributed by atoms with Crippen molar-refractivity contribution in [2.45, 2.75) is 13.0 Å². The number of nitrogens with two attached hydrogens (primary N) is 1. The number of benzene rings is 1. The van der Waals surface area contributed by atoms with Crippen molar-refractivity contribution in [3.63, 3.8) is 0 Å². The van der Waals surface area contributed by atoms with E-state index in [4.69, 9.17) is 10.5 Å². The van der Waals surface area contributed by atoms with Crippen LogP contribution < -0.4 is 15.8 Å². The summed E-state index contributed by atoms with van der Waals surface area (Å²) in [5.41, 5.74) is 7.19. The number of nitrogens with zero attached hydrogens (tertiary/aromatic N) is 1. The molecule has 6 heteroatoms. The van der Waals surface area contributed by atoms with Crippen LogP contribution in [0.25, 0.3) is 0 Å². The molecule has 1 aromatic heterocycles. The number of hydrogen-bond acceptors (Lipinski definition) is 5. The average molecular weight is 313 g/mol. The monoisotopic (exact) mass is 313 g/mol. The molecule has 0 fully saturated rings. The van der Waals surface area contributed by atoms with E-state index in [1.54, 1.807) is 36.5 Å². The third kappa shape index (κ3) is 4.89. The van der Waals surface area contributed by atoms with Gasteiger partial charge in [0.2, 0.25) is 5.88 Å². The molecule has 0 saturated carbocycles. The van der Waals surface area contributed by atoms with Crippen LogP contribution in [0.2, 0.25) is 0 Å². The van der Waals surface area contributed by atoms with Gasteiger partial charge in [-0.1, -0.05) is 24.3 Å². The first-order chi connectivity index (χ1) is 11.2. The number of nitrogens with one attached hydrogen (secondary N) is 1. The van der Waals surface area contributed by atoms with E-state index < -0.39 is 0 Å². The number of amides is 1. The summed E-state index contributed by atoms with van der Waals surface area (Å²) >= 11 is 0. The molecule has 0 atom stereocenters. The Kier molecular flexibility index (Phi) is 6.26. The molecule has 0 saturated heterocycles. The number of pyridine rings is 1. The Labute approximate surface area is 134 Å². The maximum Gasteiger partial charge on any atom is 0.252 e. The molecule has 0 bridgehead atoms. The molecule has 1 heterocycles. The maximum atomic E-state index is 12.0. The van der Waals surface area contributed by atoms with Crippen molar-refractivity contribution in [1.29, 1.82) is 0 Å². The number of carbonyl (C=O) groups excluding carboxylic acids is 2. The lowest BCUT2D eigenvalue weighted by molar-refractivity contribution is 0.0946. The van der Waals surface area contributed by atoms with Crippen molar-refractivity contribution in [2.24, 2.45) is 5.73 Å². The Morgan fingerprint density at radius 3 is 2.78 bits per heavy atom. The van der Waals surface area contributed by atoms with Crippen LogP contribution >= 0.6 is 0 Å². The van der Waals surface area contributed by atoms with Gasteiger partial charge in [0.15, 0.2) is 6.29 Å². The molecule has 23 heavy (non-hydrogen) atoms. The van der Waals surface area contributed by atoms with Crippen LogP contribution in [-0.4, -0.2) is 30.3 Å². The van der Waals surface area contributed by atoms with Gasteiger partial charge in [-0.25, -0.2) is 4.98 Å². The van der Waals surface area contributed by atoms with Crippen LogP contribution in [0.4, 0.5) is 0 Å². The topological polar surface area (TPSA) is 94.3 Å². The minimum atomic E-state index is -0.266. The summed E-state index contributed by atoms with van der Waals surface area (Å²) in [5.74, 6) is 0.262. The van der Waals surface area contributed by atoms with Gasteiger partial charge in [-0.3, -0.25) is 9.59 Å².